The molecular formula is C30H27ClN2O4. The van der Waals surface area contributed by atoms with Gasteiger partial charge >= 0.3 is 5.97 Å². The van der Waals surface area contributed by atoms with Crippen molar-refractivity contribution in [3.63, 3.8) is 0 Å². The summed E-state index contributed by atoms with van der Waals surface area (Å²) in [7, 11) is 0. The van der Waals surface area contributed by atoms with Crippen LogP contribution in [0.2, 0.25) is 5.02 Å². The van der Waals surface area contributed by atoms with Gasteiger partial charge in [-0.05, 0) is 54.0 Å². The number of carbonyl (C=O) groups is 1. The van der Waals surface area contributed by atoms with Gasteiger partial charge in [0, 0.05) is 22.7 Å². The van der Waals surface area contributed by atoms with Gasteiger partial charge in [0.15, 0.2) is 0 Å². The number of rotatable bonds is 9. The second kappa shape index (κ2) is 12.2. The lowest BCUT2D eigenvalue weighted by Gasteiger charge is -2.26. The fourth-order valence-corrected chi connectivity index (χ4v) is 4.16. The Morgan fingerprint density at radius 3 is 2.51 bits per heavy atom. The molecule has 1 unspecified atom stereocenters. The molecule has 1 aliphatic rings. The van der Waals surface area contributed by atoms with Crippen LogP contribution in [0.3, 0.4) is 0 Å². The van der Waals surface area contributed by atoms with E-state index in [1.54, 1.807) is 48.5 Å². The molecule has 0 aliphatic carbocycles. The van der Waals surface area contributed by atoms with Gasteiger partial charge in [0.2, 0.25) is 5.88 Å². The molecule has 1 atom stereocenters. The van der Waals surface area contributed by atoms with E-state index in [9.17, 15) is 10.1 Å². The number of nitriles is 1. The number of fused-ring (bicyclic) bond motifs is 1. The Labute approximate surface area is 221 Å². The molecule has 0 amide bonds. The van der Waals surface area contributed by atoms with Gasteiger partial charge in [0.05, 0.1) is 12.5 Å². The lowest BCUT2D eigenvalue weighted by molar-refractivity contribution is -0.128. The molecule has 0 aromatic heterocycles. The van der Waals surface area contributed by atoms with Crippen molar-refractivity contribution < 1.29 is 19.0 Å². The Balaban J connectivity index is 1.52. The Morgan fingerprint density at radius 1 is 1.08 bits per heavy atom. The summed E-state index contributed by atoms with van der Waals surface area (Å²) in [6.07, 6.45) is 6.24. The minimum atomic E-state index is -0.544. The maximum atomic E-state index is 12.3. The van der Waals surface area contributed by atoms with E-state index < -0.39 is 11.9 Å². The molecule has 7 heteroatoms. The minimum Gasteiger partial charge on any atom is -0.494 e. The average molecular weight is 515 g/mol. The highest BCUT2D eigenvalue weighted by atomic mass is 35.5. The Morgan fingerprint density at radius 2 is 1.81 bits per heavy atom. The first-order chi connectivity index (χ1) is 18.0. The Hall–Kier alpha value is -4.21. The van der Waals surface area contributed by atoms with E-state index in [-0.39, 0.29) is 5.88 Å². The van der Waals surface area contributed by atoms with Crippen LogP contribution in [-0.2, 0) is 4.79 Å². The molecule has 0 radical (unpaired) electrons. The van der Waals surface area contributed by atoms with Crippen LogP contribution in [0.15, 0.2) is 84.3 Å². The molecule has 2 N–H and O–H groups in total. The van der Waals surface area contributed by atoms with Crippen molar-refractivity contribution in [1.29, 1.82) is 5.26 Å². The summed E-state index contributed by atoms with van der Waals surface area (Å²) >= 11 is 5.89. The number of hydrogen-bond acceptors (Lipinski definition) is 6. The van der Waals surface area contributed by atoms with Crippen molar-refractivity contribution in [3.8, 4) is 23.3 Å². The molecule has 4 rings (SSSR count). The molecule has 1 aliphatic heterocycles. The van der Waals surface area contributed by atoms with Gasteiger partial charge < -0.3 is 19.9 Å². The minimum absolute atomic E-state index is 0.0194. The fourth-order valence-electron chi connectivity index (χ4n) is 4.03. The quantitative estimate of drug-likeness (QED) is 0.147. The second-order valence-corrected chi connectivity index (χ2v) is 8.99. The van der Waals surface area contributed by atoms with Gasteiger partial charge in [0.25, 0.3) is 0 Å². The normalized spacial score (nSPS) is 14.6. The van der Waals surface area contributed by atoms with Gasteiger partial charge in [-0.25, -0.2) is 4.79 Å². The van der Waals surface area contributed by atoms with Gasteiger partial charge in [-0.15, -0.1) is 0 Å². The zero-order valence-corrected chi connectivity index (χ0v) is 21.2. The summed E-state index contributed by atoms with van der Waals surface area (Å²) in [6.45, 7) is 2.82. The highest BCUT2D eigenvalue weighted by molar-refractivity contribution is 6.30. The fraction of sp³-hybridized carbons (Fsp3) is 0.200. The third-order valence-electron chi connectivity index (χ3n) is 5.92. The predicted molar refractivity (Wildman–Crippen MR) is 143 cm³/mol. The highest BCUT2D eigenvalue weighted by Gasteiger charge is 2.31. The topological polar surface area (TPSA) is 94.6 Å². The lowest BCUT2D eigenvalue weighted by atomic mass is 9.83. The van der Waals surface area contributed by atoms with E-state index in [1.807, 2.05) is 24.3 Å². The number of carbonyl (C=O) groups excluding carboxylic acids is 1. The smallest absolute Gasteiger partial charge is 0.336 e. The SMILES string of the molecule is CCCCCOc1ccc(C2C(C#N)=C(N)Oc3cc(OC(=O)/C=C/c4ccc(Cl)cc4)ccc32)cc1. The molecule has 3 aromatic rings. The third-order valence-corrected chi connectivity index (χ3v) is 6.17. The van der Waals surface area contributed by atoms with Crippen LogP contribution in [0, 0.1) is 11.3 Å². The standard InChI is InChI=1S/C30H27ClN2O4/c1-2-3-4-17-35-23-12-8-21(9-13-23)29-25-15-14-24(18-27(25)37-30(33)26(29)19-32)36-28(34)16-7-20-5-10-22(31)11-6-20/h5-16,18,29H,2-4,17,33H2,1H3/b16-7+. The molecule has 0 saturated heterocycles. The molecule has 3 aromatic carbocycles. The molecule has 0 spiro atoms. The van der Waals surface area contributed by atoms with Crippen molar-refractivity contribution in [1.82, 2.24) is 0 Å². The Bertz CT molecular complexity index is 1360. The first-order valence-electron chi connectivity index (χ1n) is 12.1. The summed E-state index contributed by atoms with van der Waals surface area (Å²) < 4.78 is 17.0. The molecule has 0 fully saturated rings. The van der Waals surface area contributed by atoms with Crippen LogP contribution in [0.4, 0.5) is 0 Å². The molecule has 37 heavy (non-hydrogen) atoms. The number of allylic oxidation sites excluding steroid dienone is 1. The number of halogens is 1. The predicted octanol–water partition coefficient (Wildman–Crippen LogP) is 6.75. The van der Waals surface area contributed by atoms with Crippen LogP contribution >= 0.6 is 11.6 Å². The van der Waals surface area contributed by atoms with E-state index in [4.69, 9.17) is 31.5 Å². The average Bonchev–Trinajstić information content (AvgIpc) is 2.90. The van der Waals surface area contributed by atoms with E-state index in [0.29, 0.717) is 28.7 Å². The number of benzene rings is 3. The van der Waals surface area contributed by atoms with E-state index in [2.05, 4.69) is 13.0 Å². The monoisotopic (exact) mass is 514 g/mol. The number of nitrogens with zero attached hydrogens (tertiary/aromatic N) is 1. The van der Waals surface area contributed by atoms with Crippen molar-refractivity contribution in [2.45, 2.75) is 32.1 Å². The molecule has 1 heterocycles. The first kappa shape index (κ1) is 25.9. The second-order valence-electron chi connectivity index (χ2n) is 8.56. The van der Waals surface area contributed by atoms with Crippen LogP contribution in [0.5, 0.6) is 17.2 Å². The number of unbranched alkanes of at least 4 members (excludes halogenated alkanes) is 2. The number of ether oxygens (including phenoxy) is 3. The maximum Gasteiger partial charge on any atom is 0.336 e. The van der Waals surface area contributed by atoms with Crippen LogP contribution in [0.1, 0.15) is 48.8 Å². The number of esters is 1. The van der Waals surface area contributed by atoms with Gasteiger partial charge in [-0.3, -0.25) is 0 Å². The molecule has 0 saturated carbocycles. The van der Waals surface area contributed by atoms with Crippen molar-refractivity contribution in [2.24, 2.45) is 5.73 Å². The summed E-state index contributed by atoms with van der Waals surface area (Å²) in [5.74, 6) is 0.554. The molecule has 0 bridgehead atoms. The summed E-state index contributed by atoms with van der Waals surface area (Å²) in [6, 6.07) is 22.0. The zero-order chi connectivity index (χ0) is 26.2. The largest absolute Gasteiger partial charge is 0.494 e. The van der Waals surface area contributed by atoms with Crippen LogP contribution < -0.4 is 19.9 Å². The maximum absolute atomic E-state index is 12.3. The third kappa shape index (κ3) is 6.52. The lowest BCUT2D eigenvalue weighted by Crippen LogP contribution is -2.21. The van der Waals surface area contributed by atoms with Crippen LogP contribution in [-0.4, -0.2) is 12.6 Å². The van der Waals surface area contributed by atoms with Gasteiger partial charge in [-0.2, -0.15) is 5.26 Å². The van der Waals surface area contributed by atoms with E-state index >= 15 is 0 Å². The van der Waals surface area contributed by atoms with Crippen LogP contribution in [0.25, 0.3) is 6.08 Å². The van der Waals surface area contributed by atoms with Crippen molar-refractivity contribution in [3.05, 3.63) is 106 Å². The first-order valence-corrected chi connectivity index (χ1v) is 12.5. The van der Waals surface area contributed by atoms with Gasteiger partial charge in [0.1, 0.15) is 28.9 Å². The number of hydrogen-bond donors (Lipinski definition) is 1. The molecule has 6 nitrogen and oxygen atoms in total. The zero-order valence-electron chi connectivity index (χ0n) is 20.4. The molecular weight excluding hydrogens is 488 g/mol. The highest BCUT2D eigenvalue weighted by Crippen LogP contribution is 2.43. The van der Waals surface area contributed by atoms with Gasteiger partial charge in [-0.1, -0.05) is 61.7 Å². The van der Waals surface area contributed by atoms with Crippen molar-refractivity contribution >= 4 is 23.6 Å². The Kier molecular flexibility index (Phi) is 8.50. The summed E-state index contributed by atoms with van der Waals surface area (Å²) in [5, 5.41) is 10.4. The van der Waals surface area contributed by atoms with E-state index in [1.165, 1.54) is 6.08 Å². The van der Waals surface area contributed by atoms with E-state index in [0.717, 1.165) is 41.7 Å². The summed E-state index contributed by atoms with van der Waals surface area (Å²) in [4.78, 5) is 12.3. The summed E-state index contributed by atoms with van der Waals surface area (Å²) in [5.41, 5.74) is 8.87. The number of nitrogens with two attached hydrogens (primary N) is 1. The molecule has 188 valence electrons. The van der Waals surface area contributed by atoms with Crippen molar-refractivity contribution in [2.75, 3.05) is 6.61 Å².